The molecule has 6 rings (SSSR count). The van der Waals surface area contributed by atoms with Crippen molar-refractivity contribution >= 4 is 22.8 Å². The maximum Gasteiger partial charge on any atom is 0.236 e. The Bertz CT molecular complexity index is 1460. The van der Waals surface area contributed by atoms with Gasteiger partial charge in [-0.15, -0.1) is 0 Å². The van der Waals surface area contributed by atoms with Gasteiger partial charge in [0.1, 0.15) is 41.8 Å². The van der Waals surface area contributed by atoms with E-state index in [-0.39, 0.29) is 46.3 Å². The molecule has 0 radical (unpaired) electrons. The average molecular weight is 527 g/mol. The predicted octanol–water partition coefficient (Wildman–Crippen LogP) is 5.70. The molecule has 37 heavy (non-hydrogen) atoms. The van der Waals surface area contributed by atoms with Crippen LogP contribution >= 0.6 is 11.6 Å². The Morgan fingerprint density at radius 2 is 2.03 bits per heavy atom. The van der Waals surface area contributed by atoms with E-state index in [9.17, 15) is 4.39 Å². The predicted molar refractivity (Wildman–Crippen MR) is 133 cm³/mol. The van der Waals surface area contributed by atoms with Crippen molar-refractivity contribution in [1.29, 1.82) is 0 Å². The van der Waals surface area contributed by atoms with E-state index >= 15 is 4.39 Å². The molecule has 1 aliphatic carbocycles. The number of hydrogen-bond donors (Lipinski definition) is 0. The molecule has 2 atom stereocenters. The molecule has 192 valence electrons. The lowest BCUT2D eigenvalue weighted by atomic mass is 9.92. The summed E-state index contributed by atoms with van der Waals surface area (Å²) in [7, 11) is 0. The highest BCUT2D eigenvalue weighted by atomic mass is 35.5. The topological polar surface area (TPSA) is 87.8 Å². The van der Waals surface area contributed by atoms with E-state index in [1.54, 1.807) is 19.1 Å². The molecule has 3 aromatic heterocycles. The van der Waals surface area contributed by atoms with E-state index in [0.717, 1.165) is 18.4 Å². The van der Waals surface area contributed by atoms with E-state index < -0.39 is 12.5 Å². The second kappa shape index (κ2) is 9.90. The summed E-state index contributed by atoms with van der Waals surface area (Å²) in [6.07, 6.45) is 7.49. The third kappa shape index (κ3) is 4.87. The molecule has 0 unspecified atom stereocenters. The summed E-state index contributed by atoms with van der Waals surface area (Å²) in [5, 5.41) is 4.77. The van der Waals surface area contributed by atoms with Crippen LogP contribution in [-0.4, -0.2) is 49.6 Å². The normalized spacial score (nSPS) is 19.9. The fraction of sp³-hybridized carbons (Fsp3) is 0.423. The standard InChI is InChI=1S/C26H25ClF2N6O2/c1-14-26(37-9-7-28)33-23-22(19-5-2-17(27)11-20(19)29)32-24(34-25(23)31-14)15-6-8-36-21(10-15)16-12-30-35(13-16)18-3-4-18/h2,5,11-13,15,18,21H,3-4,6-10H2,1H3/t15-,21-/m1/s1. The Kier molecular flexibility index (Phi) is 6.46. The maximum absolute atomic E-state index is 15.1. The molecule has 1 aliphatic heterocycles. The van der Waals surface area contributed by atoms with Crippen molar-refractivity contribution in [3.8, 4) is 17.1 Å². The van der Waals surface area contributed by atoms with Crippen LogP contribution in [0.4, 0.5) is 8.78 Å². The van der Waals surface area contributed by atoms with Gasteiger partial charge in [0, 0.05) is 34.9 Å². The molecule has 11 heteroatoms. The minimum absolute atomic E-state index is 0.0360. The lowest BCUT2D eigenvalue weighted by Gasteiger charge is -2.28. The fourth-order valence-electron chi connectivity index (χ4n) is 4.68. The summed E-state index contributed by atoms with van der Waals surface area (Å²) in [5.41, 5.74) is 2.61. The minimum atomic E-state index is -0.669. The number of nitrogens with zero attached hydrogens (tertiary/aromatic N) is 6. The molecule has 1 saturated carbocycles. The SMILES string of the molecule is Cc1nc2nc([C@@H]3CCO[C@@H](c4cnn(C5CC5)c4)C3)nc(-c3ccc(Cl)cc3F)c2nc1OCCF. The van der Waals surface area contributed by atoms with Crippen LogP contribution in [0, 0.1) is 12.7 Å². The van der Waals surface area contributed by atoms with E-state index in [1.165, 1.54) is 6.07 Å². The van der Waals surface area contributed by atoms with Gasteiger partial charge in [-0.2, -0.15) is 5.10 Å². The number of hydrogen-bond acceptors (Lipinski definition) is 7. The van der Waals surface area contributed by atoms with Gasteiger partial charge in [-0.3, -0.25) is 4.68 Å². The Balaban J connectivity index is 1.41. The van der Waals surface area contributed by atoms with Crippen LogP contribution in [0.1, 0.15) is 60.8 Å². The number of ether oxygens (including phenoxy) is 2. The molecular formula is C26H25ClF2N6O2. The lowest BCUT2D eigenvalue weighted by Crippen LogP contribution is -2.20. The van der Waals surface area contributed by atoms with Crippen LogP contribution in [0.5, 0.6) is 5.88 Å². The smallest absolute Gasteiger partial charge is 0.236 e. The molecule has 4 aromatic rings. The highest BCUT2D eigenvalue weighted by Crippen LogP contribution is 2.40. The van der Waals surface area contributed by atoms with Crippen LogP contribution in [-0.2, 0) is 4.74 Å². The van der Waals surface area contributed by atoms with Gasteiger partial charge in [0.25, 0.3) is 0 Å². The third-order valence-corrected chi connectivity index (χ3v) is 6.98. The highest BCUT2D eigenvalue weighted by Gasteiger charge is 2.31. The van der Waals surface area contributed by atoms with Gasteiger partial charge < -0.3 is 9.47 Å². The third-order valence-electron chi connectivity index (χ3n) is 6.74. The van der Waals surface area contributed by atoms with Crippen LogP contribution in [0.3, 0.4) is 0 Å². The van der Waals surface area contributed by atoms with Crippen LogP contribution in [0.15, 0.2) is 30.6 Å². The van der Waals surface area contributed by atoms with Gasteiger partial charge in [-0.05, 0) is 50.8 Å². The Hall–Kier alpha value is -3.24. The monoisotopic (exact) mass is 526 g/mol. The Morgan fingerprint density at radius 3 is 2.81 bits per heavy atom. The van der Waals surface area contributed by atoms with Gasteiger partial charge in [0.05, 0.1) is 18.3 Å². The number of benzene rings is 1. The lowest BCUT2D eigenvalue weighted by molar-refractivity contribution is 0.00396. The molecule has 2 fully saturated rings. The van der Waals surface area contributed by atoms with Crippen molar-refractivity contribution < 1.29 is 18.3 Å². The zero-order chi connectivity index (χ0) is 25.5. The first kappa shape index (κ1) is 24.1. The van der Waals surface area contributed by atoms with Crippen molar-refractivity contribution in [3.63, 3.8) is 0 Å². The first-order valence-corrected chi connectivity index (χ1v) is 12.7. The van der Waals surface area contributed by atoms with Gasteiger partial charge in [-0.25, -0.2) is 28.7 Å². The van der Waals surface area contributed by atoms with Gasteiger partial charge in [0.2, 0.25) is 5.88 Å². The molecule has 0 bridgehead atoms. The minimum Gasteiger partial charge on any atom is -0.474 e. The Morgan fingerprint density at radius 1 is 1.16 bits per heavy atom. The maximum atomic E-state index is 15.1. The van der Waals surface area contributed by atoms with E-state index in [1.807, 2.05) is 10.9 Å². The summed E-state index contributed by atoms with van der Waals surface area (Å²) in [5.74, 6) is 0.136. The molecule has 0 amide bonds. The number of fused-ring (bicyclic) bond motifs is 1. The van der Waals surface area contributed by atoms with Gasteiger partial charge >= 0.3 is 0 Å². The summed E-state index contributed by atoms with van der Waals surface area (Å²) < 4.78 is 41.3. The van der Waals surface area contributed by atoms with Crippen LogP contribution in [0.25, 0.3) is 22.4 Å². The fourth-order valence-corrected chi connectivity index (χ4v) is 4.83. The molecule has 0 N–H and O–H groups in total. The summed E-state index contributed by atoms with van der Waals surface area (Å²) in [6.45, 7) is 1.42. The van der Waals surface area contributed by atoms with Crippen LogP contribution in [0.2, 0.25) is 5.02 Å². The molecule has 1 aromatic carbocycles. The number of halogens is 3. The first-order chi connectivity index (χ1) is 18.0. The number of aromatic nitrogens is 6. The second-order valence-corrected chi connectivity index (χ2v) is 9.88. The number of aryl methyl sites for hydroxylation is 1. The molecule has 2 aliphatic rings. The van der Waals surface area contributed by atoms with Crippen molar-refractivity contribution in [3.05, 3.63) is 58.5 Å². The largest absolute Gasteiger partial charge is 0.474 e. The van der Waals surface area contributed by atoms with Crippen LogP contribution < -0.4 is 4.74 Å². The summed E-state index contributed by atoms with van der Waals surface area (Å²) in [4.78, 5) is 18.6. The molecule has 0 spiro atoms. The van der Waals surface area contributed by atoms with Crippen molar-refractivity contribution in [2.75, 3.05) is 19.9 Å². The van der Waals surface area contributed by atoms with E-state index in [2.05, 4.69) is 21.3 Å². The quantitative estimate of drug-likeness (QED) is 0.305. The van der Waals surface area contributed by atoms with Crippen molar-refractivity contribution in [1.82, 2.24) is 29.7 Å². The zero-order valence-corrected chi connectivity index (χ0v) is 21.0. The first-order valence-electron chi connectivity index (χ1n) is 12.4. The zero-order valence-electron chi connectivity index (χ0n) is 20.2. The molecule has 1 saturated heterocycles. The van der Waals surface area contributed by atoms with Gasteiger partial charge in [0.15, 0.2) is 5.65 Å². The summed E-state index contributed by atoms with van der Waals surface area (Å²) >= 11 is 6.00. The molecule has 4 heterocycles. The number of rotatable bonds is 7. The van der Waals surface area contributed by atoms with Crippen molar-refractivity contribution in [2.45, 2.75) is 50.7 Å². The van der Waals surface area contributed by atoms with E-state index in [4.69, 9.17) is 31.0 Å². The van der Waals surface area contributed by atoms with Gasteiger partial charge in [-0.1, -0.05) is 11.6 Å². The summed E-state index contributed by atoms with van der Waals surface area (Å²) in [6, 6.07) is 4.88. The second-order valence-electron chi connectivity index (χ2n) is 9.44. The van der Waals surface area contributed by atoms with E-state index in [0.29, 0.717) is 42.7 Å². The van der Waals surface area contributed by atoms with Crippen molar-refractivity contribution in [2.24, 2.45) is 0 Å². The molecule has 8 nitrogen and oxygen atoms in total. The highest BCUT2D eigenvalue weighted by molar-refractivity contribution is 6.30. The molecular weight excluding hydrogens is 502 g/mol. The Labute approximate surface area is 217 Å². The average Bonchev–Trinajstić information content (AvgIpc) is 3.63. The number of alkyl halides is 1.